The van der Waals surface area contributed by atoms with E-state index in [0.29, 0.717) is 29.9 Å². The molecule has 1 aromatic carbocycles. The fraction of sp³-hybridized carbons (Fsp3) is 0.381. The number of carbonyl (C=O) groups is 2. The van der Waals surface area contributed by atoms with Gasteiger partial charge < -0.3 is 10.6 Å². The number of aromatic nitrogens is 4. The predicted molar refractivity (Wildman–Crippen MR) is 111 cm³/mol. The van der Waals surface area contributed by atoms with Crippen LogP contribution in [0.4, 0.5) is 5.69 Å². The van der Waals surface area contributed by atoms with Gasteiger partial charge in [0.05, 0.1) is 0 Å². The molecule has 3 rings (SSSR count). The van der Waals surface area contributed by atoms with E-state index in [1.807, 2.05) is 34.6 Å². The van der Waals surface area contributed by atoms with Crippen LogP contribution in [0.25, 0.3) is 5.78 Å². The van der Waals surface area contributed by atoms with E-state index in [4.69, 9.17) is 0 Å². The highest BCUT2D eigenvalue weighted by Gasteiger charge is 2.16. The average Bonchev–Trinajstić information content (AvgIpc) is 3.09. The van der Waals surface area contributed by atoms with Gasteiger partial charge in [0, 0.05) is 34.6 Å². The second-order valence-corrected chi connectivity index (χ2v) is 8.06. The molecule has 2 heterocycles. The Morgan fingerprint density at radius 2 is 1.79 bits per heavy atom. The van der Waals surface area contributed by atoms with E-state index in [0.717, 1.165) is 17.0 Å². The summed E-state index contributed by atoms with van der Waals surface area (Å²) in [6.45, 7) is 9.65. The second-order valence-electron chi connectivity index (χ2n) is 8.06. The molecule has 0 atom stereocenters. The third-order valence-electron chi connectivity index (χ3n) is 4.51. The molecular weight excluding hydrogens is 368 g/mol. The van der Waals surface area contributed by atoms with Crippen molar-refractivity contribution in [3.8, 4) is 0 Å². The number of hydrogen-bond acceptors (Lipinski definition) is 5. The third kappa shape index (κ3) is 4.96. The van der Waals surface area contributed by atoms with Crippen LogP contribution in [-0.4, -0.2) is 36.9 Å². The Morgan fingerprint density at radius 3 is 2.45 bits per heavy atom. The normalized spacial score (nSPS) is 11.5. The van der Waals surface area contributed by atoms with Crippen molar-refractivity contribution in [3.63, 3.8) is 0 Å². The van der Waals surface area contributed by atoms with Gasteiger partial charge in [0.15, 0.2) is 0 Å². The van der Waals surface area contributed by atoms with Crippen LogP contribution in [0.2, 0.25) is 0 Å². The van der Waals surface area contributed by atoms with Crippen molar-refractivity contribution >= 4 is 23.3 Å². The lowest BCUT2D eigenvalue weighted by Gasteiger charge is -2.20. The first-order valence-corrected chi connectivity index (χ1v) is 9.52. The van der Waals surface area contributed by atoms with Gasteiger partial charge in [-0.05, 0) is 70.9 Å². The molecular formula is C21H26N6O2. The Bertz CT molecular complexity index is 1050. The maximum atomic E-state index is 12.4. The van der Waals surface area contributed by atoms with Crippen molar-refractivity contribution in [2.75, 3.05) is 5.32 Å². The molecule has 0 fully saturated rings. The number of rotatable bonds is 5. The fourth-order valence-corrected chi connectivity index (χ4v) is 3.10. The topological polar surface area (TPSA) is 101 Å². The number of amides is 2. The summed E-state index contributed by atoms with van der Waals surface area (Å²) in [6.07, 6.45) is 2.34. The van der Waals surface area contributed by atoms with Crippen LogP contribution in [0.3, 0.4) is 0 Å². The van der Waals surface area contributed by atoms with Gasteiger partial charge in [0.1, 0.15) is 6.33 Å². The van der Waals surface area contributed by atoms with Gasteiger partial charge in [-0.25, -0.2) is 9.50 Å². The highest BCUT2D eigenvalue weighted by molar-refractivity contribution is 5.96. The molecule has 0 saturated carbocycles. The van der Waals surface area contributed by atoms with E-state index in [1.165, 1.54) is 6.33 Å². The number of aryl methyl sites for hydroxylation is 2. The van der Waals surface area contributed by atoms with E-state index >= 15 is 0 Å². The third-order valence-corrected chi connectivity index (χ3v) is 4.51. The molecule has 2 N–H and O–H groups in total. The highest BCUT2D eigenvalue weighted by Crippen LogP contribution is 2.16. The number of benzene rings is 1. The summed E-state index contributed by atoms with van der Waals surface area (Å²) >= 11 is 0. The molecule has 0 aliphatic rings. The number of hydrogen-bond donors (Lipinski definition) is 2. The first-order valence-electron chi connectivity index (χ1n) is 9.52. The van der Waals surface area contributed by atoms with E-state index < -0.39 is 0 Å². The number of carbonyl (C=O) groups excluding carboxylic acids is 2. The molecule has 3 aromatic rings. The lowest BCUT2D eigenvalue weighted by atomic mass is 10.1. The first-order chi connectivity index (χ1) is 13.6. The van der Waals surface area contributed by atoms with Gasteiger partial charge in [0.25, 0.3) is 11.7 Å². The molecule has 0 saturated heterocycles. The molecule has 2 amide bonds. The molecule has 0 aliphatic carbocycles. The zero-order valence-corrected chi connectivity index (χ0v) is 17.4. The fourth-order valence-electron chi connectivity index (χ4n) is 3.10. The summed E-state index contributed by atoms with van der Waals surface area (Å²) < 4.78 is 1.68. The van der Waals surface area contributed by atoms with Crippen LogP contribution in [0, 0.1) is 13.8 Å². The first kappa shape index (κ1) is 20.4. The van der Waals surface area contributed by atoms with Crippen LogP contribution < -0.4 is 10.6 Å². The van der Waals surface area contributed by atoms with E-state index in [9.17, 15) is 9.59 Å². The van der Waals surface area contributed by atoms with Crippen LogP contribution in [0.1, 0.15) is 54.5 Å². The summed E-state index contributed by atoms with van der Waals surface area (Å²) in [4.78, 5) is 33.1. The largest absolute Gasteiger partial charge is 0.347 e. The molecule has 8 nitrogen and oxygen atoms in total. The molecule has 0 spiro atoms. The van der Waals surface area contributed by atoms with E-state index in [1.54, 1.807) is 28.8 Å². The molecule has 0 radical (unpaired) electrons. The summed E-state index contributed by atoms with van der Waals surface area (Å²) in [6, 6.07) is 6.87. The zero-order chi connectivity index (χ0) is 21.2. The predicted octanol–water partition coefficient (Wildman–Crippen LogP) is 2.84. The quantitative estimate of drug-likeness (QED) is 0.693. The maximum Gasteiger partial charge on any atom is 0.252 e. The SMILES string of the molecule is Cc1nc2ncnn2c(C)c1CCC(=O)Nc1ccc(C(=O)NC(C)(C)C)cc1. The average molecular weight is 394 g/mol. The van der Waals surface area contributed by atoms with E-state index in [-0.39, 0.29) is 17.4 Å². The number of nitrogens with zero attached hydrogens (tertiary/aromatic N) is 4. The monoisotopic (exact) mass is 394 g/mol. The van der Waals surface area contributed by atoms with E-state index in [2.05, 4.69) is 25.7 Å². The molecule has 0 unspecified atom stereocenters. The Labute approximate surface area is 169 Å². The minimum Gasteiger partial charge on any atom is -0.347 e. The zero-order valence-electron chi connectivity index (χ0n) is 17.4. The van der Waals surface area contributed by atoms with Crippen LogP contribution in [0.15, 0.2) is 30.6 Å². The minimum atomic E-state index is -0.301. The molecule has 152 valence electrons. The van der Waals surface area contributed by atoms with Gasteiger partial charge in [-0.15, -0.1) is 0 Å². The van der Waals surface area contributed by atoms with Gasteiger partial charge in [-0.2, -0.15) is 10.1 Å². The Hall–Kier alpha value is -3.29. The van der Waals surface area contributed by atoms with Crippen LogP contribution >= 0.6 is 0 Å². The lowest BCUT2D eigenvalue weighted by Crippen LogP contribution is -2.40. The molecule has 0 aliphatic heterocycles. The van der Waals surface area contributed by atoms with Gasteiger partial charge in [-0.3, -0.25) is 9.59 Å². The standard InChI is InChI=1S/C21H26N6O2/c1-13-17(14(2)27-20(24-13)22-12-23-27)10-11-18(28)25-16-8-6-15(7-9-16)19(29)26-21(3,4)5/h6-9,12H,10-11H2,1-5H3,(H,25,28)(H,26,29). The minimum absolute atomic E-state index is 0.102. The van der Waals surface area contributed by atoms with Crippen molar-refractivity contribution < 1.29 is 9.59 Å². The number of anilines is 1. The van der Waals surface area contributed by atoms with Crippen molar-refractivity contribution in [3.05, 3.63) is 53.1 Å². The van der Waals surface area contributed by atoms with Gasteiger partial charge in [0.2, 0.25) is 5.91 Å². The number of fused-ring (bicyclic) bond motifs is 1. The number of nitrogens with one attached hydrogen (secondary N) is 2. The van der Waals surface area contributed by atoms with Gasteiger partial charge >= 0.3 is 0 Å². The smallest absolute Gasteiger partial charge is 0.252 e. The maximum absolute atomic E-state index is 12.4. The van der Waals surface area contributed by atoms with Crippen LogP contribution in [0.5, 0.6) is 0 Å². The molecule has 2 aromatic heterocycles. The summed E-state index contributed by atoms with van der Waals surface area (Å²) in [7, 11) is 0. The van der Waals surface area contributed by atoms with Crippen molar-refractivity contribution in [1.82, 2.24) is 24.9 Å². The summed E-state index contributed by atoms with van der Waals surface area (Å²) in [5.74, 6) is 0.315. The molecule has 0 bridgehead atoms. The van der Waals surface area contributed by atoms with Crippen molar-refractivity contribution in [2.24, 2.45) is 0 Å². The summed E-state index contributed by atoms with van der Waals surface area (Å²) in [5, 5.41) is 9.95. The Balaban J connectivity index is 1.61. The highest BCUT2D eigenvalue weighted by atomic mass is 16.2. The Kier molecular flexibility index (Phi) is 5.63. The Morgan fingerprint density at radius 1 is 1.10 bits per heavy atom. The lowest BCUT2D eigenvalue weighted by molar-refractivity contribution is -0.116. The molecule has 29 heavy (non-hydrogen) atoms. The van der Waals surface area contributed by atoms with Gasteiger partial charge in [-0.1, -0.05) is 0 Å². The van der Waals surface area contributed by atoms with Crippen molar-refractivity contribution in [2.45, 2.75) is 53.0 Å². The molecule has 8 heteroatoms. The summed E-state index contributed by atoms with van der Waals surface area (Å²) in [5.41, 5.74) is 3.69. The van der Waals surface area contributed by atoms with Crippen LogP contribution in [-0.2, 0) is 11.2 Å². The van der Waals surface area contributed by atoms with Crippen molar-refractivity contribution in [1.29, 1.82) is 0 Å². The second kappa shape index (κ2) is 7.98.